The molecule has 0 aliphatic carbocycles. The first-order valence-corrected chi connectivity index (χ1v) is 20.9. The van der Waals surface area contributed by atoms with Crippen molar-refractivity contribution in [1.82, 2.24) is 39.7 Å². The van der Waals surface area contributed by atoms with Gasteiger partial charge in [-0.2, -0.15) is 0 Å². The molecule has 3 aromatic heterocycles. The molecule has 1 atom stereocenters. The Hall–Kier alpha value is -8.23. The van der Waals surface area contributed by atoms with E-state index in [1.54, 1.807) is 41.8 Å². The van der Waals surface area contributed by atoms with Gasteiger partial charge in [0.1, 0.15) is 24.6 Å². The number of alkyl carbamates (subject to hydrolysis) is 1. The van der Waals surface area contributed by atoms with Crippen molar-refractivity contribution >= 4 is 58.3 Å². The summed E-state index contributed by atoms with van der Waals surface area (Å²) < 4.78 is 14.3. The number of carboxylic acid groups (broad SMARTS) is 1. The Morgan fingerprint density at radius 1 is 0.955 bits per heavy atom. The van der Waals surface area contributed by atoms with Gasteiger partial charge in [-0.1, -0.05) is 31.2 Å². The molecule has 3 aliphatic heterocycles. The Balaban J connectivity index is 0.949. The average molecular weight is 902 g/mol. The monoisotopic (exact) mass is 901 g/mol. The SMILES string of the molecule is CCc1c2c(nc3ccc(O)cc13)-c1cc3c(c(=O)n1C2)COC(=O)C3(CC)OC(=O)NCc1cn(CCN(CC(=O)N(C)CC(=O)O)C(=O)Cc2ccc(N3C(=O)C=CC3=O)cc2)nn1. The highest BCUT2D eigenvalue weighted by molar-refractivity contribution is 6.28. The molecular formula is C45H43N9O12. The minimum Gasteiger partial charge on any atom is -0.508 e. The summed E-state index contributed by atoms with van der Waals surface area (Å²) in [5.74, 6) is -4.11. The highest BCUT2D eigenvalue weighted by atomic mass is 16.6. The minimum absolute atomic E-state index is 0.0294. The van der Waals surface area contributed by atoms with Crippen molar-refractivity contribution < 1.29 is 53.2 Å². The Bertz CT molecular complexity index is 2940. The number of pyridine rings is 2. The zero-order valence-electron chi connectivity index (χ0n) is 36.0. The van der Waals surface area contributed by atoms with Crippen LogP contribution in [0.1, 0.15) is 53.8 Å². The van der Waals surface area contributed by atoms with Crippen molar-refractivity contribution in [2.24, 2.45) is 0 Å². The van der Waals surface area contributed by atoms with E-state index in [1.165, 1.54) is 41.0 Å². The van der Waals surface area contributed by atoms with E-state index in [2.05, 4.69) is 15.6 Å². The largest absolute Gasteiger partial charge is 0.508 e. The number of carbonyl (C=O) groups excluding carboxylic acids is 6. The van der Waals surface area contributed by atoms with E-state index in [1.807, 2.05) is 6.92 Å². The van der Waals surface area contributed by atoms with E-state index in [4.69, 9.17) is 14.5 Å². The number of imide groups is 1. The van der Waals surface area contributed by atoms with Crippen LogP contribution in [0.5, 0.6) is 5.75 Å². The fraction of sp³-hybridized carbons (Fsp3) is 0.311. The molecule has 3 N–H and O–H groups in total. The van der Waals surface area contributed by atoms with Gasteiger partial charge >= 0.3 is 18.0 Å². The summed E-state index contributed by atoms with van der Waals surface area (Å²) in [6, 6.07) is 12.7. The molecule has 340 valence electrons. The molecule has 21 nitrogen and oxygen atoms in total. The van der Waals surface area contributed by atoms with E-state index in [9.17, 15) is 48.6 Å². The number of aromatic hydroxyl groups is 1. The Labute approximate surface area is 374 Å². The lowest BCUT2D eigenvalue weighted by molar-refractivity contribution is -0.172. The number of carboxylic acids is 1. The zero-order valence-corrected chi connectivity index (χ0v) is 36.0. The number of nitrogens with zero attached hydrogens (tertiary/aromatic N) is 8. The summed E-state index contributed by atoms with van der Waals surface area (Å²) in [7, 11) is 1.30. The van der Waals surface area contributed by atoms with Crippen molar-refractivity contribution in [2.45, 2.75) is 65.0 Å². The number of likely N-dealkylation sites (N-methyl/N-ethyl adjacent to an activating group) is 1. The number of fused-ring (bicyclic) bond motifs is 5. The van der Waals surface area contributed by atoms with Gasteiger partial charge in [-0.3, -0.25) is 33.4 Å². The summed E-state index contributed by atoms with van der Waals surface area (Å²) in [6.07, 6.45) is 3.13. The van der Waals surface area contributed by atoms with Crippen molar-refractivity contribution in [3.05, 3.63) is 111 Å². The number of carbonyl (C=O) groups is 7. The van der Waals surface area contributed by atoms with Crippen LogP contribution >= 0.6 is 0 Å². The molecule has 0 fully saturated rings. The standard InChI is InChI=1S/C45H43N9O12/c1-4-29-30-17-28(55)10-11-34(30)47-41-31(29)21-53-35(41)18-33-32(42(53)62)24-65-43(63)45(33,5-2)66-44(64)46-19-26-20-52(49-48-26)15-14-51(22-39(59)50(3)23-40(60)61)38(58)16-25-6-8-27(9-7-25)54-36(56)12-13-37(54)57/h6-13,17-18,20,55H,4-5,14-16,19,21-24H2,1-3H3,(H,46,64)(H,60,61). The maximum atomic E-state index is 14.1. The van der Waals surface area contributed by atoms with Gasteiger partial charge in [0.25, 0.3) is 17.4 Å². The molecule has 6 heterocycles. The number of ether oxygens (including phenoxy) is 2. The number of phenolic OH excluding ortho intramolecular Hbond substituents is 1. The van der Waals surface area contributed by atoms with Crippen molar-refractivity contribution in [2.75, 3.05) is 31.6 Å². The predicted molar refractivity (Wildman–Crippen MR) is 230 cm³/mol. The fourth-order valence-electron chi connectivity index (χ4n) is 8.39. The summed E-state index contributed by atoms with van der Waals surface area (Å²) in [4.78, 5) is 111. The smallest absolute Gasteiger partial charge is 0.408 e. The molecule has 0 saturated heterocycles. The summed E-state index contributed by atoms with van der Waals surface area (Å²) in [6.45, 7) is 2.21. The van der Waals surface area contributed by atoms with E-state index in [0.29, 0.717) is 34.6 Å². The van der Waals surface area contributed by atoms with Crippen LogP contribution in [0.25, 0.3) is 22.3 Å². The second kappa shape index (κ2) is 17.7. The normalized spacial score (nSPS) is 15.9. The van der Waals surface area contributed by atoms with Gasteiger partial charge in [-0.25, -0.2) is 19.5 Å². The Morgan fingerprint density at radius 3 is 2.39 bits per heavy atom. The number of nitrogens with one attached hydrogen (secondary N) is 1. The van der Waals surface area contributed by atoms with Crippen LogP contribution in [0, 0.1) is 0 Å². The quantitative estimate of drug-likeness (QED) is 0.0982. The van der Waals surface area contributed by atoms with E-state index >= 15 is 0 Å². The number of rotatable bonds is 15. The highest BCUT2D eigenvalue weighted by Crippen LogP contribution is 2.42. The van der Waals surface area contributed by atoms with Crippen LogP contribution in [0.4, 0.5) is 10.5 Å². The van der Waals surface area contributed by atoms with Crippen molar-refractivity contribution in [1.29, 1.82) is 0 Å². The third-order valence-corrected chi connectivity index (χ3v) is 11.8. The Kier molecular flexibility index (Phi) is 11.9. The molecule has 0 radical (unpaired) electrons. The van der Waals surface area contributed by atoms with E-state index in [0.717, 1.165) is 38.5 Å². The predicted octanol–water partition coefficient (Wildman–Crippen LogP) is 1.92. The summed E-state index contributed by atoms with van der Waals surface area (Å²) >= 11 is 0. The number of benzene rings is 2. The fourth-order valence-corrected chi connectivity index (χ4v) is 8.39. The van der Waals surface area contributed by atoms with Crippen molar-refractivity contribution in [3.63, 3.8) is 0 Å². The molecule has 5 aromatic rings. The van der Waals surface area contributed by atoms with Gasteiger partial charge < -0.3 is 39.4 Å². The third-order valence-electron chi connectivity index (χ3n) is 11.8. The zero-order chi connectivity index (χ0) is 47.0. The number of cyclic esters (lactones) is 1. The maximum Gasteiger partial charge on any atom is 0.408 e. The number of amides is 5. The number of esters is 1. The lowest BCUT2D eigenvalue weighted by atomic mass is 9.85. The number of hydrogen-bond acceptors (Lipinski definition) is 14. The molecule has 21 heteroatoms. The molecule has 0 saturated carbocycles. The molecule has 3 aliphatic rings. The van der Waals surface area contributed by atoms with Gasteiger partial charge in [-0.05, 0) is 60.4 Å². The first kappa shape index (κ1) is 44.4. The lowest BCUT2D eigenvalue weighted by Crippen LogP contribution is -2.49. The van der Waals surface area contributed by atoms with Crippen LogP contribution in [-0.4, -0.2) is 113 Å². The molecule has 8 rings (SSSR count). The van der Waals surface area contributed by atoms with Gasteiger partial charge in [0.2, 0.25) is 17.4 Å². The van der Waals surface area contributed by atoms with Crippen LogP contribution in [0.2, 0.25) is 0 Å². The molecule has 5 amide bonds. The number of anilines is 1. The average Bonchev–Trinajstić information content (AvgIpc) is 4.00. The number of hydrogen-bond donors (Lipinski definition) is 3. The van der Waals surface area contributed by atoms with E-state index in [-0.39, 0.29) is 68.2 Å². The van der Waals surface area contributed by atoms with Gasteiger partial charge in [0, 0.05) is 42.3 Å². The number of phenols is 1. The van der Waals surface area contributed by atoms with Crippen LogP contribution in [-0.2, 0) is 82.9 Å². The summed E-state index contributed by atoms with van der Waals surface area (Å²) in [5.41, 5.74) is 2.39. The van der Waals surface area contributed by atoms with Gasteiger partial charge in [0.15, 0.2) is 0 Å². The second-order valence-electron chi connectivity index (χ2n) is 15.9. The van der Waals surface area contributed by atoms with Crippen molar-refractivity contribution in [3.8, 4) is 17.1 Å². The number of aryl methyl sites for hydroxylation is 1. The highest BCUT2D eigenvalue weighted by Gasteiger charge is 2.50. The third kappa shape index (κ3) is 8.32. The number of aromatic nitrogens is 5. The van der Waals surface area contributed by atoms with Gasteiger partial charge in [0.05, 0.1) is 67.0 Å². The molecule has 1 unspecified atom stereocenters. The second-order valence-corrected chi connectivity index (χ2v) is 15.9. The topological polar surface area (TPSA) is 266 Å². The maximum absolute atomic E-state index is 14.1. The lowest BCUT2D eigenvalue weighted by Gasteiger charge is -2.35. The molecule has 0 spiro atoms. The summed E-state index contributed by atoms with van der Waals surface area (Å²) in [5, 5.41) is 30.9. The first-order valence-electron chi connectivity index (χ1n) is 20.9. The van der Waals surface area contributed by atoms with Crippen LogP contribution < -0.4 is 15.8 Å². The first-order chi connectivity index (χ1) is 31.6. The van der Waals surface area contributed by atoms with Crippen LogP contribution in [0.15, 0.2) is 71.7 Å². The Morgan fingerprint density at radius 2 is 1.70 bits per heavy atom. The van der Waals surface area contributed by atoms with E-state index < -0.39 is 65.9 Å². The molecule has 2 aromatic carbocycles. The molecular weight excluding hydrogens is 859 g/mol. The van der Waals surface area contributed by atoms with Gasteiger partial charge in [-0.15, -0.1) is 5.10 Å². The molecule has 66 heavy (non-hydrogen) atoms. The van der Waals surface area contributed by atoms with Crippen LogP contribution in [0.3, 0.4) is 0 Å². The molecule has 0 bridgehead atoms. The number of aliphatic carboxylic acids is 1. The minimum atomic E-state index is -1.99.